The molecule has 0 spiro atoms. The molecule has 0 saturated carbocycles. The van der Waals surface area contributed by atoms with Gasteiger partial charge in [0.15, 0.2) is 0 Å². The van der Waals surface area contributed by atoms with E-state index in [0.29, 0.717) is 5.91 Å². The van der Waals surface area contributed by atoms with Crippen LogP contribution in [0.4, 0.5) is 0 Å². The molecule has 0 N–H and O–H groups in total. The van der Waals surface area contributed by atoms with Crippen molar-refractivity contribution < 1.29 is 4.79 Å². The van der Waals surface area contributed by atoms with E-state index in [1.165, 1.54) is 0 Å². The van der Waals surface area contributed by atoms with Crippen LogP contribution in [0.3, 0.4) is 0 Å². The Morgan fingerprint density at radius 2 is 2.11 bits per heavy atom. The summed E-state index contributed by atoms with van der Waals surface area (Å²) in [7, 11) is 1.89. The molecule has 94 valence electrons. The summed E-state index contributed by atoms with van der Waals surface area (Å²) in [6, 6.07) is 10.0. The van der Waals surface area contributed by atoms with E-state index in [0.717, 1.165) is 37.8 Å². The number of carbonyl (C=O) groups is 1. The molecule has 1 aromatic carbocycles. The van der Waals surface area contributed by atoms with E-state index in [2.05, 4.69) is 11.8 Å². The van der Waals surface area contributed by atoms with Crippen molar-refractivity contribution in [1.29, 1.82) is 0 Å². The molecule has 1 aromatic rings. The standard InChI is InChI=1S/C16H19NO/c1-17-13-12-15(16(17)18)11-7-3-6-10-14-8-4-2-5-9-14/h2,4-5,8-9,15H,3,7,11-13H2,1H3. The van der Waals surface area contributed by atoms with E-state index in [4.69, 9.17) is 0 Å². The van der Waals surface area contributed by atoms with Crippen LogP contribution >= 0.6 is 0 Å². The highest BCUT2D eigenvalue weighted by Gasteiger charge is 2.27. The second-order valence-corrected chi connectivity index (χ2v) is 4.81. The third kappa shape index (κ3) is 3.37. The maximum atomic E-state index is 11.7. The lowest BCUT2D eigenvalue weighted by atomic mass is 10.0. The van der Waals surface area contributed by atoms with Gasteiger partial charge in [-0.1, -0.05) is 30.0 Å². The smallest absolute Gasteiger partial charge is 0.225 e. The number of rotatable bonds is 3. The Balaban J connectivity index is 1.71. The Kier molecular flexibility index (Phi) is 4.41. The van der Waals surface area contributed by atoms with Gasteiger partial charge in [-0.25, -0.2) is 0 Å². The minimum Gasteiger partial charge on any atom is -0.345 e. The zero-order chi connectivity index (χ0) is 12.8. The Hall–Kier alpha value is -1.75. The van der Waals surface area contributed by atoms with Crippen molar-refractivity contribution in [1.82, 2.24) is 4.90 Å². The van der Waals surface area contributed by atoms with Crippen molar-refractivity contribution in [3.05, 3.63) is 35.9 Å². The van der Waals surface area contributed by atoms with Crippen LogP contribution in [0.5, 0.6) is 0 Å². The highest BCUT2D eigenvalue weighted by Crippen LogP contribution is 2.21. The molecule has 1 atom stereocenters. The van der Waals surface area contributed by atoms with Crippen molar-refractivity contribution >= 4 is 5.91 Å². The summed E-state index contributed by atoms with van der Waals surface area (Å²) < 4.78 is 0. The lowest BCUT2D eigenvalue weighted by Gasteiger charge is -2.08. The minimum absolute atomic E-state index is 0.244. The largest absolute Gasteiger partial charge is 0.345 e. The summed E-state index contributed by atoms with van der Waals surface area (Å²) in [6.07, 6.45) is 3.89. The molecule has 1 heterocycles. The van der Waals surface area contributed by atoms with E-state index >= 15 is 0 Å². The number of likely N-dealkylation sites (tertiary alicyclic amines) is 1. The number of carbonyl (C=O) groups excluding carboxylic acids is 1. The predicted molar refractivity (Wildman–Crippen MR) is 72.9 cm³/mol. The van der Waals surface area contributed by atoms with Gasteiger partial charge in [0.25, 0.3) is 0 Å². The van der Waals surface area contributed by atoms with Crippen LogP contribution < -0.4 is 0 Å². The van der Waals surface area contributed by atoms with Gasteiger partial charge in [0.05, 0.1) is 0 Å². The molecule has 0 aliphatic carbocycles. The SMILES string of the molecule is CN1CCC(CCCC#Cc2ccccc2)C1=O. The van der Waals surface area contributed by atoms with Crippen molar-refractivity contribution in [3.8, 4) is 11.8 Å². The lowest BCUT2D eigenvalue weighted by Crippen LogP contribution is -2.22. The Bertz CT molecular complexity index is 455. The fourth-order valence-electron chi connectivity index (χ4n) is 2.29. The molecule has 1 amide bonds. The molecule has 1 unspecified atom stereocenters. The zero-order valence-corrected chi connectivity index (χ0v) is 10.9. The van der Waals surface area contributed by atoms with E-state index in [1.807, 2.05) is 42.3 Å². The summed E-state index contributed by atoms with van der Waals surface area (Å²) in [5, 5.41) is 0. The normalized spacial score (nSPS) is 18.6. The van der Waals surface area contributed by atoms with Crippen LogP contribution in [0.1, 0.15) is 31.2 Å². The van der Waals surface area contributed by atoms with Crippen LogP contribution in [0, 0.1) is 17.8 Å². The number of benzene rings is 1. The number of amides is 1. The monoisotopic (exact) mass is 241 g/mol. The molecule has 1 aliphatic rings. The van der Waals surface area contributed by atoms with Gasteiger partial charge in [0.2, 0.25) is 5.91 Å². The summed E-state index contributed by atoms with van der Waals surface area (Å²) in [6.45, 7) is 0.916. The maximum absolute atomic E-state index is 11.7. The van der Waals surface area contributed by atoms with E-state index in [-0.39, 0.29) is 5.92 Å². The topological polar surface area (TPSA) is 20.3 Å². The van der Waals surface area contributed by atoms with Gasteiger partial charge in [-0.15, -0.1) is 0 Å². The van der Waals surface area contributed by atoms with Gasteiger partial charge in [-0.05, 0) is 31.4 Å². The summed E-state index contributed by atoms with van der Waals surface area (Å²) in [4.78, 5) is 13.5. The lowest BCUT2D eigenvalue weighted by molar-refractivity contribution is -0.130. The fourth-order valence-corrected chi connectivity index (χ4v) is 2.29. The molecule has 18 heavy (non-hydrogen) atoms. The van der Waals surface area contributed by atoms with E-state index < -0.39 is 0 Å². The molecular weight excluding hydrogens is 222 g/mol. The molecule has 2 heteroatoms. The second-order valence-electron chi connectivity index (χ2n) is 4.81. The molecule has 2 rings (SSSR count). The van der Waals surface area contributed by atoms with Crippen LogP contribution in [0.25, 0.3) is 0 Å². The molecule has 0 aromatic heterocycles. The number of hydrogen-bond donors (Lipinski definition) is 0. The quantitative estimate of drug-likeness (QED) is 0.588. The van der Waals surface area contributed by atoms with Crippen molar-refractivity contribution in [3.63, 3.8) is 0 Å². The number of nitrogens with zero attached hydrogens (tertiary/aromatic N) is 1. The first-order valence-corrected chi connectivity index (χ1v) is 6.56. The molecule has 1 fully saturated rings. The molecular formula is C16H19NO. The number of unbranched alkanes of at least 4 members (excludes halogenated alkanes) is 1. The van der Waals surface area contributed by atoms with Gasteiger partial charge in [0.1, 0.15) is 0 Å². The van der Waals surface area contributed by atoms with Crippen LogP contribution in [0.15, 0.2) is 30.3 Å². The second kappa shape index (κ2) is 6.26. The Labute approximate surface area is 109 Å². The first-order valence-electron chi connectivity index (χ1n) is 6.56. The van der Waals surface area contributed by atoms with Crippen molar-refractivity contribution in [2.75, 3.05) is 13.6 Å². The molecule has 0 radical (unpaired) electrons. The third-order valence-electron chi connectivity index (χ3n) is 3.40. The Morgan fingerprint density at radius 3 is 2.78 bits per heavy atom. The predicted octanol–water partition coefficient (Wildman–Crippen LogP) is 2.69. The van der Waals surface area contributed by atoms with Gasteiger partial charge in [-0.3, -0.25) is 4.79 Å². The Morgan fingerprint density at radius 1 is 1.33 bits per heavy atom. The van der Waals surface area contributed by atoms with Crippen LogP contribution in [-0.4, -0.2) is 24.4 Å². The summed E-state index contributed by atoms with van der Waals surface area (Å²) in [5.41, 5.74) is 1.06. The van der Waals surface area contributed by atoms with Gasteiger partial charge < -0.3 is 4.90 Å². The van der Waals surface area contributed by atoms with Gasteiger partial charge >= 0.3 is 0 Å². The molecule has 1 saturated heterocycles. The highest BCUT2D eigenvalue weighted by atomic mass is 16.2. The van der Waals surface area contributed by atoms with Crippen molar-refractivity contribution in [2.45, 2.75) is 25.7 Å². The highest BCUT2D eigenvalue weighted by molar-refractivity contribution is 5.80. The third-order valence-corrected chi connectivity index (χ3v) is 3.40. The first kappa shape index (κ1) is 12.7. The van der Waals surface area contributed by atoms with Gasteiger partial charge in [0, 0.05) is 31.5 Å². The molecule has 2 nitrogen and oxygen atoms in total. The number of hydrogen-bond acceptors (Lipinski definition) is 1. The average Bonchev–Trinajstić information content (AvgIpc) is 2.71. The van der Waals surface area contributed by atoms with E-state index in [9.17, 15) is 4.79 Å². The first-order chi connectivity index (χ1) is 8.77. The molecule has 0 bridgehead atoms. The van der Waals surface area contributed by atoms with Crippen LogP contribution in [-0.2, 0) is 4.79 Å². The van der Waals surface area contributed by atoms with E-state index in [1.54, 1.807) is 0 Å². The average molecular weight is 241 g/mol. The maximum Gasteiger partial charge on any atom is 0.225 e. The summed E-state index contributed by atoms with van der Waals surface area (Å²) >= 11 is 0. The van der Waals surface area contributed by atoms with Gasteiger partial charge in [-0.2, -0.15) is 0 Å². The van der Waals surface area contributed by atoms with Crippen LogP contribution in [0.2, 0.25) is 0 Å². The minimum atomic E-state index is 0.244. The fraction of sp³-hybridized carbons (Fsp3) is 0.438. The molecule has 1 aliphatic heterocycles. The zero-order valence-electron chi connectivity index (χ0n) is 10.9. The summed E-state index contributed by atoms with van der Waals surface area (Å²) in [5.74, 6) is 6.88. The van der Waals surface area contributed by atoms with Crippen molar-refractivity contribution in [2.24, 2.45) is 5.92 Å².